The minimum Gasteiger partial charge on any atom is -0.426 e. The van der Waals surface area contributed by atoms with E-state index >= 15 is 0 Å². The first-order chi connectivity index (χ1) is 18.1. The van der Waals surface area contributed by atoms with E-state index in [0.717, 1.165) is 10.5 Å². The molecule has 1 saturated heterocycles. The molecular formula is C27H18Cl4N2O5. The number of imide groups is 1. The number of likely N-dealkylation sites (tertiary alicyclic amines) is 1. The molecule has 11 heteroatoms. The highest BCUT2D eigenvalue weighted by Gasteiger charge is 2.43. The Morgan fingerprint density at radius 3 is 2.08 bits per heavy atom. The summed E-state index contributed by atoms with van der Waals surface area (Å²) in [4.78, 5) is 54.2. The lowest BCUT2D eigenvalue weighted by atomic mass is 10.1. The zero-order valence-electron chi connectivity index (χ0n) is 19.8. The molecule has 2 aliphatic heterocycles. The number of halogens is 4. The Balaban J connectivity index is 1.32. The van der Waals surface area contributed by atoms with Crippen LogP contribution in [0.1, 0.15) is 38.3 Å². The number of ether oxygens (including phenoxy) is 1. The maximum absolute atomic E-state index is 13.2. The Bertz CT molecular complexity index is 1480. The highest BCUT2D eigenvalue weighted by molar-refractivity contribution is 6.56. The maximum atomic E-state index is 13.2. The van der Waals surface area contributed by atoms with E-state index in [2.05, 4.69) is 0 Å². The number of aryl methyl sites for hydroxylation is 1. The molecule has 1 atom stereocenters. The van der Waals surface area contributed by atoms with Crippen LogP contribution in [0.15, 0.2) is 48.5 Å². The first-order valence-corrected chi connectivity index (χ1v) is 13.0. The smallest absolute Gasteiger partial charge is 0.316 e. The van der Waals surface area contributed by atoms with Gasteiger partial charge in [0.2, 0.25) is 5.91 Å². The summed E-state index contributed by atoms with van der Waals surface area (Å²) in [6.07, 6.45) is 0.0599. The minimum absolute atomic E-state index is 0.0599. The van der Waals surface area contributed by atoms with E-state index in [1.165, 1.54) is 18.2 Å². The molecule has 0 spiro atoms. The highest BCUT2D eigenvalue weighted by atomic mass is 35.5. The van der Waals surface area contributed by atoms with E-state index in [4.69, 9.17) is 51.1 Å². The molecule has 0 bridgehead atoms. The lowest BCUT2D eigenvalue weighted by Gasteiger charge is -2.18. The van der Waals surface area contributed by atoms with Gasteiger partial charge in [0.25, 0.3) is 11.8 Å². The third-order valence-electron chi connectivity index (χ3n) is 6.49. The van der Waals surface area contributed by atoms with Gasteiger partial charge in [-0.3, -0.25) is 19.2 Å². The summed E-state index contributed by atoms with van der Waals surface area (Å²) in [7, 11) is 0. The Kier molecular flexibility index (Phi) is 7.13. The molecule has 3 amide bonds. The molecular weight excluding hydrogens is 574 g/mol. The van der Waals surface area contributed by atoms with Gasteiger partial charge in [0.05, 0.1) is 42.8 Å². The third kappa shape index (κ3) is 4.54. The Morgan fingerprint density at radius 2 is 1.50 bits per heavy atom. The van der Waals surface area contributed by atoms with Gasteiger partial charge in [-0.1, -0.05) is 76.7 Å². The van der Waals surface area contributed by atoms with Crippen molar-refractivity contribution in [2.24, 2.45) is 5.92 Å². The average Bonchev–Trinajstić information content (AvgIpc) is 3.38. The van der Waals surface area contributed by atoms with Gasteiger partial charge in [-0.05, 0) is 36.2 Å². The Morgan fingerprint density at radius 1 is 0.895 bits per heavy atom. The first-order valence-electron chi connectivity index (χ1n) is 11.5. The number of carbonyl (C=O) groups is 4. The topological polar surface area (TPSA) is 84.0 Å². The molecule has 5 rings (SSSR count). The number of rotatable bonds is 5. The van der Waals surface area contributed by atoms with Crippen molar-refractivity contribution in [2.75, 3.05) is 11.4 Å². The van der Waals surface area contributed by atoms with Crippen LogP contribution in [-0.2, 0) is 16.1 Å². The summed E-state index contributed by atoms with van der Waals surface area (Å²) in [6, 6.07) is 14.0. The van der Waals surface area contributed by atoms with Crippen LogP contribution in [0.2, 0.25) is 20.1 Å². The van der Waals surface area contributed by atoms with Crippen molar-refractivity contribution in [3.05, 3.63) is 90.9 Å². The monoisotopic (exact) mass is 590 g/mol. The van der Waals surface area contributed by atoms with Crippen molar-refractivity contribution in [3.63, 3.8) is 0 Å². The molecule has 2 heterocycles. The number of benzene rings is 3. The predicted octanol–water partition coefficient (Wildman–Crippen LogP) is 6.36. The van der Waals surface area contributed by atoms with E-state index in [1.54, 1.807) is 11.8 Å². The molecule has 38 heavy (non-hydrogen) atoms. The summed E-state index contributed by atoms with van der Waals surface area (Å²) in [5.41, 5.74) is 1.44. The zero-order chi connectivity index (χ0) is 27.3. The molecule has 0 saturated carbocycles. The van der Waals surface area contributed by atoms with Crippen LogP contribution in [0.3, 0.4) is 0 Å². The number of fused-ring (bicyclic) bond motifs is 1. The maximum Gasteiger partial charge on any atom is 0.316 e. The normalized spacial score (nSPS) is 16.9. The standard InChI is InChI=1S/C27H18Cl4N2O5/c1-13-9-16(38-27(37)15-10-18(34)32(12-15)11-14-5-3-2-4-6-14)7-8-17(13)33-25(35)19-20(26(33)36)22(29)24(31)23(30)21(19)28/h2-9,15H,10-12H2,1H3/t15-/m0/s1. The fourth-order valence-electron chi connectivity index (χ4n) is 4.60. The van der Waals surface area contributed by atoms with Gasteiger partial charge in [-0.25, -0.2) is 4.90 Å². The van der Waals surface area contributed by atoms with Crippen LogP contribution in [0.4, 0.5) is 5.69 Å². The Labute approximate surface area is 237 Å². The molecule has 7 nitrogen and oxygen atoms in total. The van der Waals surface area contributed by atoms with Crippen LogP contribution in [-0.4, -0.2) is 35.1 Å². The summed E-state index contributed by atoms with van der Waals surface area (Å²) in [6.45, 7) is 2.33. The first kappa shape index (κ1) is 26.5. The number of esters is 1. The fourth-order valence-corrected chi connectivity index (χ4v) is 5.61. The molecule has 0 aromatic heterocycles. The Hall–Kier alpha value is -3.10. The van der Waals surface area contributed by atoms with Gasteiger partial charge in [-0.15, -0.1) is 0 Å². The number of amides is 3. The van der Waals surface area contributed by atoms with Crippen molar-refractivity contribution < 1.29 is 23.9 Å². The summed E-state index contributed by atoms with van der Waals surface area (Å²) < 4.78 is 5.55. The van der Waals surface area contributed by atoms with Gasteiger partial charge in [0.1, 0.15) is 5.75 Å². The highest BCUT2D eigenvalue weighted by Crippen LogP contribution is 2.46. The quantitative estimate of drug-likeness (QED) is 0.113. The average molecular weight is 592 g/mol. The summed E-state index contributed by atoms with van der Waals surface area (Å²) in [5, 5.41) is -0.557. The molecule has 0 aliphatic carbocycles. The van der Waals surface area contributed by atoms with Gasteiger partial charge < -0.3 is 9.64 Å². The number of hydrogen-bond acceptors (Lipinski definition) is 5. The molecule has 3 aromatic rings. The van der Waals surface area contributed by atoms with Crippen LogP contribution in [0.25, 0.3) is 0 Å². The molecule has 194 valence electrons. The lowest BCUT2D eigenvalue weighted by molar-refractivity contribution is -0.139. The second kappa shape index (κ2) is 10.2. The van der Waals surface area contributed by atoms with Gasteiger partial charge in [0.15, 0.2) is 0 Å². The third-order valence-corrected chi connectivity index (χ3v) is 8.29. The molecule has 0 unspecified atom stereocenters. The van der Waals surface area contributed by atoms with E-state index in [-0.39, 0.29) is 61.5 Å². The molecule has 2 aliphatic rings. The van der Waals surface area contributed by atoms with Crippen LogP contribution in [0, 0.1) is 12.8 Å². The van der Waals surface area contributed by atoms with Gasteiger partial charge in [0, 0.05) is 19.5 Å². The minimum atomic E-state index is -0.703. The number of carbonyl (C=O) groups excluding carboxylic acids is 4. The number of hydrogen-bond donors (Lipinski definition) is 0. The van der Waals surface area contributed by atoms with E-state index in [0.29, 0.717) is 12.1 Å². The van der Waals surface area contributed by atoms with Crippen molar-refractivity contribution in [3.8, 4) is 5.75 Å². The molecule has 0 radical (unpaired) electrons. The predicted molar refractivity (Wildman–Crippen MR) is 144 cm³/mol. The van der Waals surface area contributed by atoms with Crippen LogP contribution >= 0.6 is 46.4 Å². The number of anilines is 1. The molecule has 1 fully saturated rings. The second-order valence-corrected chi connectivity index (χ2v) is 10.5. The van der Waals surface area contributed by atoms with Crippen LogP contribution < -0.4 is 9.64 Å². The van der Waals surface area contributed by atoms with E-state index in [9.17, 15) is 19.2 Å². The van der Waals surface area contributed by atoms with E-state index < -0.39 is 23.7 Å². The van der Waals surface area contributed by atoms with Crippen LogP contribution in [0.5, 0.6) is 5.75 Å². The molecule has 0 N–H and O–H groups in total. The molecule has 3 aromatic carbocycles. The van der Waals surface area contributed by atoms with Gasteiger partial charge in [-0.2, -0.15) is 0 Å². The van der Waals surface area contributed by atoms with Crippen molar-refractivity contribution in [1.82, 2.24) is 4.90 Å². The van der Waals surface area contributed by atoms with Crippen molar-refractivity contribution in [1.29, 1.82) is 0 Å². The summed E-state index contributed by atoms with van der Waals surface area (Å²) >= 11 is 24.6. The largest absolute Gasteiger partial charge is 0.426 e. The van der Waals surface area contributed by atoms with Crippen molar-refractivity contribution in [2.45, 2.75) is 19.9 Å². The fraction of sp³-hybridized carbons (Fsp3) is 0.185. The van der Waals surface area contributed by atoms with Gasteiger partial charge >= 0.3 is 5.97 Å². The number of nitrogens with zero attached hydrogens (tertiary/aromatic N) is 2. The SMILES string of the molecule is Cc1cc(OC(=O)[C@H]2CC(=O)N(Cc3ccccc3)C2)ccc1N1C(=O)c2c(Cl)c(Cl)c(Cl)c(Cl)c2C1=O. The second-order valence-electron chi connectivity index (χ2n) is 8.98. The van der Waals surface area contributed by atoms with E-state index in [1.807, 2.05) is 30.3 Å². The lowest BCUT2D eigenvalue weighted by Crippen LogP contribution is -2.30. The van der Waals surface area contributed by atoms with Crippen molar-refractivity contribution >= 4 is 75.8 Å². The zero-order valence-corrected chi connectivity index (χ0v) is 22.8. The summed E-state index contributed by atoms with van der Waals surface area (Å²) in [5.74, 6) is -2.46.